The van der Waals surface area contributed by atoms with Gasteiger partial charge in [-0.15, -0.1) is 0 Å². The molecule has 3 rings (SSSR count). The number of ether oxygens (including phenoxy) is 2. The van der Waals surface area contributed by atoms with E-state index in [0.717, 1.165) is 42.4 Å². The zero-order valence-corrected chi connectivity index (χ0v) is 16.0. The smallest absolute Gasteiger partial charge is 0.481 e. The van der Waals surface area contributed by atoms with Gasteiger partial charge in [0.1, 0.15) is 12.7 Å². The van der Waals surface area contributed by atoms with E-state index < -0.39 is 18.0 Å². The van der Waals surface area contributed by atoms with Gasteiger partial charge < -0.3 is 14.6 Å². The molecule has 1 fully saturated rings. The highest BCUT2D eigenvalue weighted by molar-refractivity contribution is 5.75. The predicted octanol–water partition coefficient (Wildman–Crippen LogP) is 4.94. The Bertz CT molecular complexity index is 784. The predicted molar refractivity (Wildman–Crippen MR) is 105 cm³/mol. The molecule has 0 spiro atoms. The van der Waals surface area contributed by atoms with Crippen molar-refractivity contribution < 1.29 is 24.2 Å². The van der Waals surface area contributed by atoms with E-state index in [1.807, 2.05) is 54.6 Å². The Morgan fingerprint density at radius 2 is 1.75 bits per heavy atom. The Morgan fingerprint density at radius 3 is 2.43 bits per heavy atom. The average Bonchev–Trinajstić information content (AvgIpc) is 3.13. The van der Waals surface area contributed by atoms with Gasteiger partial charge in [0.2, 0.25) is 0 Å². The van der Waals surface area contributed by atoms with E-state index >= 15 is 0 Å². The van der Waals surface area contributed by atoms with E-state index in [4.69, 9.17) is 14.6 Å². The second-order valence-corrected chi connectivity index (χ2v) is 7.38. The quantitative estimate of drug-likeness (QED) is 0.687. The highest BCUT2D eigenvalue weighted by Crippen LogP contribution is 2.32. The summed E-state index contributed by atoms with van der Waals surface area (Å²) in [6.07, 6.45) is 2.92. The lowest BCUT2D eigenvalue weighted by Crippen LogP contribution is -2.24. The number of carboxylic acids is 1. The van der Waals surface area contributed by atoms with Gasteiger partial charge in [0.15, 0.2) is 0 Å². The van der Waals surface area contributed by atoms with Crippen molar-refractivity contribution in [3.8, 4) is 0 Å². The Kier molecular flexibility index (Phi) is 6.69. The largest absolute Gasteiger partial charge is 0.508 e. The van der Waals surface area contributed by atoms with Crippen molar-refractivity contribution in [3.63, 3.8) is 0 Å². The van der Waals surface area contributed by atoms with Gasteiger partial charge in [0, 0.05) is 5.92 Å². The molecule has 1 saturated carbocycles. The van der Waals surface area contributed by atoms with Crippen LogP contribution in [-0.2, 0) is 27.3 Å². The molecule has 0 saturated heterocycles. The van der Waals surface area contributed by atoms with Crippen LogP contribution in [0.2, 0.25) is 0 Å². The third-order valence-corrected chi connectivity index (χ3v) is 5.38. The fraction of sp³-hybridized carbons (Fsp3) is 0.391. The number of carboxylic acid groups (broad SMARTS) is 1. The molecule has 0 aromatic heterocycles. The standard InChI is InChI=1S/C23H26O5/c1-16(22(24)25)19-12-10-17(11-13-19)14-20-8-5-9-21(20)28-23(26)27-15-18-6-3-2-4-7-18/h2-4,6-7,10-13,16,20-21H,5,8-9,14-15H2,1H3,(H,24,25)/t16-,20+,21-/m0/s1. The van der Waals surface area contributed by atoms with Crippen LogP contribution in [0.4, 0.5) is 4.79 Å². The number of hydrogen-bond acceptors (Lipinski definition) is 4. The van der Waals surface area contributed by atoms with E-state index in [1.165, 1.54) is 0 Å². The second kappa shape index (κ2) is 9.40. The fourth-order valence-corrected chi connectivity index (χ4v) is 3.65. The van der Waals surface area contributed by atoms with Crippen LogP contribution in [0.5, 0.6) is 0 Å². The molecule has 5 nitrogen and oxygen atoms in total. The third kappa shape index (κ3) is 5.35. The lowest BCUT2D eigenvalue weighted by molar-refractivity contribution is -0.138. The van der Waals surface area contributed by atoms with Gasteiger partial charge in [-0.1, -0.05) is 54.6 Å². The minimum absolute atomic E-state index is 0.138. The van der Waals surface area contributed by atoms with Gasteiger partial charge in [-0.2, -0.15) is 0 Å². The number of benzene rings is 2. The highest BCUT2D eigenvalue weighted by atomic mass is 16.7. The van der Waals surface area contributed by atoms with Crippen molar-refractivity contribution in [3.05, 3.63) is 71.3 Å². The Hall–Kier alpha value is -2.82. The number of carbonyl (C=O) groups excluding carboxylic acids is 1. The molecule has 3 atom stereocenters. The first kappa shape index (κ1) is 19.9. The highest BCUT2D eigenvalue weighted by Gasteiger charge is 2.31. The van der Waals surface area contributed by atoms with Crippen LogP contribution in [-0.4, -0.2) is 23.3 Å². The van der Waals surface area contributed by atoms with E-state index in [1.54, 1.807) is 6.92 Å². The van der Waals surface area contributed by atoms with Crippen molar-refractivity contribution in [2.45, 2.75) is 51.2 Å². The number of hydrogen-bond donors (Lipinski definition) is 1. The van der Waals surface area contributed by atoms with E-state index in [9.17, 15) is 9.59 Å². The Balaban J connectivity index is 1.51. The molecule has 0 unspecified atom stereocenters. The monoisotopic (exact) mass is 382 g/mol. The SMILES string of the molecule is C[C@H](C(=O)O)c1ccc(C[C@H]2CCC[C@@H]2OC(=O)OCc2ccccc2)cc1. The van der Waals surface area contributed by atoms with Crippen LogP contribution < -0.4 is 0 Å². The summed E-state index contributed by atoms with van der Waals surface area (Å²) in [4.78, 5) is 23.1. The fourth-order valence-electron chi connectivity index (χ4n) is 3.65. The summed E-state index contributed by atoms with van der Waals surface area (Å²) in [5.41, 5.74) is 2.84. The van der Waals surface area contributed by atoms with Crippen LogP contribution in [0.1, 0.15) is 48.8 Å². The molecular weight excluding hydrogens is 356 g/mol. The van der Waals surface area contributed by atoms with Crippen molar-refractivity contribution >= 4 is 12.1 Å². The lowest BCUT2D eigenvalue weighted by Gasteiger charge is -2.20. The molecule has 0 heterocycles. The number of rotatable bonds is 7. The normalized spacial score (nSPS) is 19.8. The Morgan fingerprint density at radius 1 is 1.04 bits per heavy atom. The van der Waals surface area contributed by atoms with Crippen molar-refractivity contribution in [2.75, 3.05) is 0 Å². The molecule has 5 heteroatoms. The first-order valence-corrected chi connectivity index (χ1v) is 9.72. The molecule has 0 aliphatic heterocycles. The summed E-state index contributed by atoms with van der Waals surface area (Å²) in [6.45, 7) is 1.89. The molecule has 0 bridgehead atoms. The summed E-state index contributed by atoms with van der Waals surface area (Å²) in [5, 5.41) is 9.11. The van der Waals surface area contributed by atoms with Crippen molar-refractivity contribution in [1.29, 1.82) is 0 Å². The van der Waals surface area contributed by atoms with Crippen LogP contribution >= 0.6 is 0 Å². The first-order valence-electron chi connectivity index (χ1n) is 9.72. The van der Waals surface area contributed by atoms with Gasteiger partial charge in [-0.3, -0.25) is 4.79 Å². The van der Waals surface area contributed by atoms with Crippen molar-refractivity contribution in [2.24, 2.45) is 5.92 Å². The van der Waals surface area contributed by atoms with Gasteiger partial charge in [-0.05, 0) is 49.3 Å². The lowest BCUT2D eigenvalue weighted by atomic mass is 9.93. The van der Waals surface area contributed by atoms with Gasteiger partial charge in [0.25, 0.3) is 0 Å². The minimum Gasteiger partial charge on any atom is -0.481 e. The van der Waals surface area contributed by atoms with Crippen molar-refractivity contribution in [1.82, 2.24) is 0 Å². The minimum atomic E-state index is -0.828. The molecule has 2 aromatic carbocycles. The molecule has 28 heavy (non-hydrogen) atoms. The molecular formula is C23H26O5. The van der Waals surface area contributed by atoms with Crippen LogP contribution in [0.15, 0.2) is 54.6 Å². The molecule has 0 radical (unpaired) electrons. The molecule has 148 valence electrons. The van der Waals surface area contributed by atoms with E-state index in [0.29, 0.717) is 0 Å². The second-order valence-electron chi connectivity index (χ2n) is 7.38. The zero-order chi connectivity index (χ0) is 19.9. The van der Waals surface area contributed by atoms with Crippen LogP contribution in [0, 0.1) is 5.92 Å². The van der Waals surface area contributed by atoms with Gasteiger partial charge >= 0.3 is 12.1 Å². The topological polar surface area (TPSA) is 72.8 Å². The molecule has 2 aromatic rings. The van der Waals surface area contributed by atoms with Crippen LogP contribution in [0.25, 0.3) is 0 Å². The van der Waals surface area contributed by atoms with Gasteiger partial charge in [0.05, 0.1) is 5.92 Å². The number of carbonyl (C=O) groups is 2. The molecule has 1 aliphatic rings. The molecule has 1 aliphatic carbocycles. The maximum absolute atomic E-state index is 12.1. The van der Waals surface area contributed by atoms with Crippen LogP contribution in [0.3, 0.4) is 0 Å². The zero-order valence-electron chi connectivity index (χ0n) is 16.0. The summed E-state index contributed by atoms with van der Waals surface area (Å²) < 4.78 is 10.8. The third-order valence-electron chi connectivity index (χ3n) is 5.38. The summed E-state index contributed by atoms with van der Waals surface area (Å²) in [6, 6.07) is 17.2. The van der Waals surface area contributed by atoms with E-state index in [-0.39, 0.29) is 18.6 Å². The number of aliphatic carboxylic acids is 1. The maximum atomic E-state index is 12.1. The molecule has 0 amide bonds. The maximum Gasteiger partial charge on any atom is 0.508 e. The van der Waals surface area contributed by atoms with E-state index in [2.05, 4.69) is 0 Å². The first-order chi connectivity index (χ1) is 13.5. The summed E-state index contributed by atoms with van der Waals surface area (Å²) in [5.74, 6) is -1.09. The summed E-state index contributed by atoms with van der Waals surface area (Å²) in [7, 11) is 0. The molecule has 1 N–H and O–H groups in total. The Labute approximate surface area is 165 Å². The van der Waals surface area contributed by atoms with Gasteiger partial charge in [-0.25, -0.2) is 4.79 Å². The average molecular weight is 382 g/mol. The summed E-state index contributed by atoms with van der Waals surface area (Å²) >= 11 is 0.